The number of nitrogens with zero attached hydrogens (tertiary/aromatic N) is 3. The van der Waals surface area contributed by atoms with Gasteiger partial charge in [-0.05, 0) is 49.8 Å². The number of amides is 1. The average molecular weight is 463 g/mol. The molecule has 2 aromatic carbocycles. The van der Waals surface area contributed by atoms with Gasteiger partial charge in [0.05, 0.1) is 29.1 Å². The van der Waals surface area contributed by atoms with Gasteiger partial charge in [-0.2, -0.15) is 0 Å². The number of thiazole rings is 1. The van der Waals surface area contributed by atoms with Gasteiger partial charge in [0, 0.05) is 29.8 Å². The van der Waals surface area contributed by atoms with Crippen LogP contribution >= 0.6 is 11.3 Å². The topological polar surface area (TPSA) is 58.9 Å². The van der Waals surface area contributed by atoms with Gasteiger partial charge in [-0.25, -0.2) is 4.98 Å². The average Bonchev–Trinajstić information content (AvgIpc) is 3.36. The standard InChI is InChI=1S/C26H30N4O2S/c1-3-29(4-2)13-5-12-27-25(31)20-10-11-23-24(14-20)33-26-28-22(15-30(23)26)19-8-6-18(7-9-19)21-16-32-17-21/h6-11,14-15,21H,3-5,12-13,16-17H2,1-2H3,(H,27,31). The SMILES string of the molecule is CCN(CC)CCCNC(=O)c1ccc2c(c1)sc1nc(-c3ccc(C4COC4)cc3)cn12. The number of hydrogen-bond donors (Lipinski definition) is 1. The van der Waals surface area contributed by atoms with E-state index in [1.807, 2.05) is 18.2 Å². The smallest absolute Gasteiger partial charge is 0.251 e. The lowest BCUT2D eigenvalue weighted by atomic mass is 9.96. The highest BCUT2D eigenvalue weighted by molar-refractivity contribution is 7.23. The van der Waals surface area contributed by atoms with Crippen LogP contribution in [0.2, 0.25) is 0 Å². The molecule has 0 spiro atoms. The Hall–Kier alpha value is -2.74. The van der Waals surface area contributed by atoms with Crippen molar-refractivity contribution >= 4 is 32.4 Å². The summed E-state index contributed by atoms with van der Waals surface area (Å²) in [5, 5.41) is 3.05. The third kappa shape index (κ3) is 4.53. The number of nitrogens with one attached hydrogen (secondary N) is 1. The molecule has 33 heavy (non-hydrogen) atoms. The Morgan fingerprint density at radius 3 is 2.67 bits per heavy atom. The van der Waals surface area contributed by atoms with Gasteiger partial charge in [-0.3, -0.25) is 9.20 Å². The molecule has 0 unspecified atom stereocenters. The van der Waals surface area contributed by atoms with E-state index < -0.39 is 0 Å². The fourth-order valence-corrected chi connectivity index (χ4v) is 5.33. The number of hydrogen-bond acceptors (Lipinski definition) is 5. The van der Waals surface area contributed by atoms with E-state index in [1.165, 1.54) is 5.56 Å². The quantitative estimate of drug-likeness (QED) is 0.363. The minimum Gasteiger partial charge on any atom is -0.380 e. The predicted octanol–water partition coefficient (Wildman–Crippen LogP) is 4.79. The van der Waals surface area contributed by atoms with E-state index in [4.69, 9.17) is 9.72 Å². The monoisotopic (exact) mass is 462 g/mol. The summed E-state index contributed by atoms with van der Waals surface area (Å²) < 4.78 is 8.49. The minimum atomic E-state index is -0.0138. The summed E-state index contributed by atoms with van der Waals surface area (Å²) in [5.74, 6) is 0.516. The number of benzene rings is 2. The molecular weight excluding hydrogens is 432 g/mol. The third-order valence-electron chi connectivity index (χ3n) is 6.50. The first-order valence-electron chi connectivity index (χ1n) is 11.8. The lowest BCUT2D eigenvalue weighted by Crippen LogP contribution is -2.29. The molecule has 1 aliphatic heterocycles. The zero-order valence-corrected chi connectivity index (χ0v) is 20.0. The molecule has 7 heteroatoms. The second kappa shape index (κ2) is 9.63. The Kier molecular flexibility index (Phi) is 6.44. The van der Waals surface area contributed by atoms with Gasteiger partial charge in [0.2, 0.25) is 0 Å². The molecule has 1 aliphatic rings. The normalized spacial score (nSPS) is 14.3. The van der Waals surface area contributed by atoms with Gasteiger partial charge in [-0.15, -0.1) is 0 Å². The summed E-state index contributed by atoms with van der Waals surface area (Å²) in [6, 6.07) is 14.6. The van der Waals surface area contributed by atoms with E-state index in [0.717, 1.165) is 65.7 Å². The van der Waals surface area contributed by atoms with E-state index in [1.54, 1.807) is 11.3 Å². The van der Waals surface area contributed by atoms with E-state index in [2.05, 4.69) is 58.9 Å². The Balaban J connectivity index is 1.28. The summed E-state index contributed by atoms with van der Waals surface area (Å²) in [5.41, 5.74) is 5.19. The van der Waals surface area contributed by atoms with Crippen LogP contribution in [0.15, 0.2) is 48.7 Å². The number of rotatable bonds is 9. The maximum absolute atomic E-state index is 12.6. The van der Waals surface area contributed by atoms with Crippen molar-refractivity contribution in [1.82, 2.24) is 19.6 Å². The predicted molar refractivity (Wildman–Crippen MR) is 134 cm³/mol. The lowest BCUT2D eigenvalue weighted by molar-refractivity contribution is 0.00843. The van der Waals surface area contributed by atoms with Crippen LogP contribution < -0.4 is 5.32 Å². The van der Waals surface area contributed by atoms with E-state index in [-0.39, 0.29) is 5.91 Å². The van der Waals surface area contributed by atoms with Crippen LogP contribution in [0.25, 0.3) is 26.4 Å². The first kappa shape index (κ1) is 22.1. The van der Waals surface area contributed by atoms with Crippen molar-refractivity contribution in [3.05, 3.63) is 59.8 Å². The molecule has 0 radical (unpaired) electrons. The van der Waals surface area contributed by atoms with Crippen molar-refractivity contribution in [2.24, 2.45) is 0 Å². The molecule has 0 saturated carbocycles. The fraction of sp³-hybridized carbons (Fsp3) is 0.385. The molecule has 5 rings (SSSR count). The molecule has 1 fully saturated rings. The number of fused-ring (bicyclic) bond motifs is 3. The molecule has 1 amide bonds. The minimum absolute atomic E-state index is 0.0138. The lowest BCUT2D eigenvalue weighted by Gasteiger charge is -2.26. The van der Waals surface area contributed by atoms with Crippen LogP contribution in [-0.4, -0.2) is 59.6 Å². The van der Waals surface area contributed by atoms with Crippen molar-refractivity contribution in [2.75, 3.05) is 39.4 Å². The second-order valence-electron chi connectivity index (χ2n) is 8.56. The van der Waals surface area contributed by atoms with E-state index in [9.17, 15) is 4.79 Å². The van der Waals surface area contributed by atoms with E-state index >= 15 is 0 Å². The molecule has 0 bridgehead atoms. The first-order valence-corrected chi connectivity index (χ1v) is 12.6. The Morgan fingerprint density at radius 2 is 1.97 bits per heavy atom. The zero-order chi connectivity index (χ0) is 22.8. The number of aromatic nitrogens is 2. The van der Waals surface area contributed by atoms with E-state index in [0.29, 0.717) is 18.0 Å². The number of carbonyl (C=O) groups excluding carboxylic acids is 1. The highest BCUT2D eigenvalue weighted by atomic mass is 32.1. The van der Waals surface area contributed by atoms with Crippen LogP contribution in [0.4, 0.5) is 0 Å². The number of imidazole rings is 1. The Labute approximate surface area is 198 Å². The van der Waals surface area contributed by atoms with Crippen molar-refractivity contribution < 1.29 is 9.53 Å². The summed E-state index contributed by atoms with van der Waals surface area (Å²) >= 11 is 1.62. The molecule has 0 aliphatic carbocycles. The first-order chi connectivity index (χ1) is 16.2. The Bertz CT molecular complexity index is 1250. The van der Waals surface area contributed by atoms with Crippen LogP contribution in [0.1, 0.15) is 42.1 Å². The molecule has 4 aromatic rings. The van der Waals surface area contributed by atoms with Crippen LogP contribution in [0, 0.1) is 0 Å². The summed E-state index contributed by atoms with van der Waals surface area (Å²) in [7, 11) is 0. The van der Waals surface area contributed by atoms with Gasteiger partial charge in [0.1, 0.15) is 0 Å². The van der Waals surface area contributed by atoms with Gasteiger partial charge >= 0.3 is 0 Å². The van der Waals surface area contributed by atoms with Crippen molar-refractivity contribution in [2.45, 2.75) is 26.2 Å². The largest absolute Gasteiger partial charge is 0.380 e. The highest BCUT2D eigenvalue weighted by Gasteiger charge is 2.20. The summed E-state index contributed by atoms with van der Waals surface area (Å²) in [6.45, 7) is 9.77. The number of ether oxygens (including phenoxy) is 1. The highest BCUT2D eigenvalue weighted by Crippen LogP contribution is 2.31. The molecule has 6 nitrogen and oxygen atoms in total. The van der Waals surface area contributed by atoms with Crippen molar-refractivity contribution in [1.29, 1.82) is 0 Å². The molecule has 3 heterocycles. The number of carbonyl (C=O) groups is 1. The molecule has 172 valence electrons. The summed E-state index contributed by atoms with van der Waals surface area (Å²) in [4.78, 5) is 20.8. The maximum Gasteiger partial charge on any atom is 0.251 e. The third-order valence-corrected chi connectivity index (χ3v) is 7.52. The van der Waals surface area contributed by atoms with Crippen LogP contribution in [0.3, 0.4) is 0 Å². The molecule has 0 atom stereocenters. The Morgan fingerprint density at radius 1 is 1.18 bits per heavy atom. The molecule has 1 N–H and O–H groups in total. The van der Waals surface area contributed by atoms with Crippen LogP contribution in [-0.2, 0) is 4.74 Å². The molecule has 2 aromatic heterocycles. The second-order valence-corrected chi connectivity index (χ2v) is 9.57. The zero-order valence-electron chi connectivity index (χ0n) is 19.2. The van der Waals surface area contributed by atoms with Gasteiger partial charge in [0.25, 0.3) is 5.91 Å². The van der Waals surface area contributed by atoms with Gasteiger partial charge in [-0.1, -0.05) is 49.4 Å². The fourth-order valence-electron chi connectivity index (χ4n) is 4.28. The maximum atomic E-state index is 12.6. The van der Waals surface area contributed by atoms with Gasteiger partial charge < -0.3 is 15.0 Å². The van der Waals surface area contributed by atoms with Gasteiger partial charge in [0.15, 0.2) is 4.96 Å². The van der Waals surface area contributed by atoms with Crippen molar-refractivity contribution in [3.8, 4) is 11.3 Å². The van der Waals surface area contributed by atoms with Crippen molar-refractivity contribution in [3.63, 3.8) is 0 Å². The molecule has 1 saturated heterocycles. The summed E-state index contributed by atoms with van der Waals surface area (Å²) in [6.07, 6.45) is 3.04. The van der Waals surface area contributed by atoms with Crippen LogP contribution in [0.5, 0.6) is 0 Å². The molecular formula is C26H30N4O2S.